The van der Waals surface area contributed by atoms with Crippen molar-refractivity contribution in [3.63, 3.8) is 0 Å². The number of amides is 1. The van der Waals surface area contributed by atoms with Gasteiger partial charge in [0.25, 0.3) is 0 Å². The zero-order valence-electron chi connectivity index (χ0n) is 23.9. The van der Waals surface area contributed by atoms with E-state index < -0.39 is 24.5 Å². The number of hydrogen-bond acceptors (Lipinski definition) is 10. The van der Waals surface area contributed by atoms with E-state index in [-0.39, 0.29) is 18.9 Å². The molecule has 5 aromatic rings. The van der Waals surface area contributed by atoms with Crippen molar-refractivity contribution in [3.8, 4) is 17.2 Å². The molecule has 12 heteroatoms. The molecular weight excluding hydrogens is 564 g/mol. The van der Waals surface area contributed by atoms with Crippen molar-refractivity contribution < 1.29 is 29.2 Å². The number of aliphatic hydroxyl groups excluding tert-OH is 2. The number of carbonyl (C=O) groups is 1. The molecule has 3 aromatic carbocycles. The number of methoxy groups -OCH3 is 1. The summed E-state index contributed by atoms with van der Waals surface area (Å²) in [6.45, 7) is 0.491. The molecule has 1 aliphatic rings. The fourth-order valence-electron chi connectivity index (χ4n) is 5.03. The van der Waals surface area contributed by atoms with Crippen LogP contribution in [0.15, 0.2) is 91.5 Å². The van der Waals surface area contributed by atoms with Crippen LogP contribution in [0.4, 0.5) is 5.82 Å². The van der Waals surface area contributed by atoms with E-state index in [0.717, 1.165) is 22.6 Å². The van der Waals surface area contributed by atoms with Crippen molar-refractivity contribution in [2.45, 2.75) is 37.5 Å². The predicted molar refractivity (Wildman–Crippen MR) is 161 cm³/mol. The van der Waals surface area contributed by atoms with Gasteiger partial charge in [0, 0.05) is 13.1 Å². The highest BCUT2D eigenvalue weighted by Gasteiger charge is 2.44. The third-order valence-electron chi connectivity index (χ3n) is 7.33. The minimum Gasteiger partial charge on any atom is -0.497 e. The van der Waals surface area contributed by atoms with Crippen molar-refractivity contribution in [2.24, 2.45) is 0 Å². The lowest BCUT2D eigenvalue weighted by Crippen LogP contribution is -2.40. The van der Waals surface area contributed by atoms with E-state index in [0.29, 0.717) is 29.3 Å². The topological polar surface area (TPSA) is 153 Å². The monoisotopic (exact) mass is 596 g/mol. The van der Waals surface area contributed by atoms with Gasteiger partial charge in [0.1, 0.15) is 41.9 Å². The van der Waals surface area contributed by atoms with Gasteiger partial charge in [0.05, 0.1) is 19.9 Å². The molecule has 0 spiro atoms. The van der Waals surface area contributed by atoms with Crippen molar-refractivity contribution in [1.29, 1.82) is 0 Å². The largest absolute Gasteiger partial charge is 0.497 e. The van der Waals surface area contributed by atoms with Crippen molar-refractivity contribution >= 4 is 22.9 Å². The van der Waals surface area contributed by atoms with Gasteiger partial charge in [0.2, 0.25) is 5.91 Å². The van der Waals surface area contributed by atoms with E-state index in [9.17, 15) is 15.0 Å². The Morgan fingerprint density at radius 3 is 2.48 bits per heavy atom. The standard InChI is InChI=1S/C32H32N6O6/c1-42-24-9-5-6-21(14-24)15-26(39)33-17-25-28(40)29(41)32(44-25)38-19-37-27-30(35-18-36-31(27)38)34-16-20-10-12-23(13-11-20)43-22-7-3-2-4-8-22/h2-14,18-19,25,28-29,32,40-41H,15-17H2,1H3,(H,33,39)(H,34,35,36)/t25-,28-,29-,32-/m1/s1. The first kappa shape index (κ1) is 29.1. The first-order chi connectivity index (χ1) is 21.5. The quantitative estimate of drug-likeness (QED) is 0.179. The Hall–Kier alpha value is -5.04. The predicted octanol–water partition coefficient (Wildman–Crippen LogP) is 3.22. The van der Waals surface area contributed by atoms with Gasteiger partial charge in [-0.25, -0.2) is 15.0 Å². The van der Waals surface area contributed by atoms with Crippen LogP contribution < -0.4 is 20.1 Å². The number of fused-ring (bicyclic) bond motifs is 1. The van der Waals surface area contributed by atoms with Gasteiger partial charge in [-0.05, 0) is 47.5 Å². The molecule has 0 bridgehead atoms. The van der Waals surface area contributed by atoms with E-state index in [4.69, 9.17) is 14.2 Å². The maximum atomic E-state index is 12.5. The van der Waals surface area contributed by atoms with Gasteiger partial charge in [0.15, 0.2) is 23.2 Å². The number of aliphatic hydroxyl groups is 2. The Morgan fingerprint density at radius 2 is 1.68 bits per heavy atom. The first-order valence-electron chi connectivity index (χ1n) is 14.1. The first-order valence-corrected chi connectivity index (χ1v) is 14.1. The van der Waals surface area contributed by atoms with Crippen LogP contribution in [0.5, 0.6) is 17.2 Å². The van der Waals surface area contributed by atoms with E-state index in [2.05, 4.69) is 25.6 Å². The van der Waals surface area contributed by atoms with Crippen LogP contribution in [-0.2, 0) is 22.5 Å². The van der Waals surface area contributed by atoms with E-state index in [1.807, 2.05) is 66.7 Å². The van der Waals surface area contributed by atoms with Crippen LogP contribution in [0.3, 0.4) is 0 Å². The summed E-state index contributed by atoms with van der Waals surface area (Å²) in [5.41, 5.74) is 2.70. The van der Waals surface area contributed by atoms with E-state index >= 15 is 0 Å². The summed E-state index contributed by atoms with van der Waals surface area (Å²) in [4.78, 5) is 25.7. The number of para-hydroxylation sites is 1. The molecule has 0 aliphatic carbocycles. The molecule has 0 saturated carbocycles. The van der Waals surface area contributed by atoms with Crippen LogP contribution in [0, 0.1) is 0 Å². The highest BCUT2D eigenvalue weighted by atomic mass is 16.6. The Kier molecular flexibility index (Phi) is 8.64. The van der Waals surface area contributed by atoms with Gasteiger partial charge < -0.3 is 35.1 Å². The molecule has 44 heavy (non-hydrogen) atoms. The number of anilines is 1. The summed E-state index contributed by atoms with van der Waals surface area (Å²) >= 11 is 0. The number of benzene rings is 3. The van der Waals surface area contributed by atoms with Crippen molar-refractivity contribution in [3.05, 3.63) is 103 Å². The molecule has 2 aromatic heterocycles. The minimum atomic E-state index is -1.27. The average Bonchev–Trinajstić information content (AvgIpc) is 3.60. The summed E-state index contributed by atoms with van der Waals surface area (Å²) in [6.07, 6.45) is -1.28. The van der Waals surface area contributed by atoms with Gasteiger partial charge in [-0.2, -0.15) is 0 Å². The summed E-state index contributed by atoms with van der Waals surface area (Å²) in [7, 11) is 1.57. The molecular formula is C32H32N6O6. The Balaban J connectivity index is 1.07. The zero-order chi connectivity index (χ0) is 30.5. The average molecular weight is 597 g/mol. The lowest BCUT2D eigenvalue weighted by atomic mass is 10.1. The molecule has 1 amide bonds. The third-order valence-corrected chi connectivity index (χ3v) is 7.33. The number of ether oxygens (including phenoxy) is 3. The van der Waals surface area contributed by atoms with Crippen molar-refractivity contribution in [1.82, 2.24) is 24.8 Å². The second-order valence-corrected chi connectivity index (χ2v) is 10.3. The molecule has 1 fully saturated rings. The molecule has 1 aliphatic heterocycles. The van der Waals surface area contributed by atoms with Gasteiger partial charge in [-0.15, -0.1) is 0 Å². The maximum Gasteiger partial charge on any atom is 0.224 e. The molecule has 6 rings (SSSR count). The zero-order valence-corrected chi connectivity index (χ0v) is 23.9. The number of rotatable bonds is 11. The van der Waals surface area contributed by atoms with Crippen LogP contribution in [0.1, 0.15) is 17.4 Å². The minimum absolute atomic E-state index is 0.0150. The molecule has 226 valence electrons. The lowest BCUT2D eigenvalue weighted by Gasteiger charge is -2.17. The Bertz CT molecular complexity index is 1710. The Morgan fingerprint density at radius 1 is 0.909 bits per heavy atom. The SMILES string of the molecule is COc1cccc(CC(=O)NC[C@H]2O[C@@H](n3cnc4c(NCc5ccc(Oc6ccccc6)cc5)ncnc43)[C@H](O)[C@@H]2O)c1. The number of nitrogens with zero attached hydrogens (tertiary/aromatic N) is 4. The number of nitrogens with one attached hydrogen (secondary N) is 2. The Labute approximate surface area is 253 Å². The van der Waals surface area contributed by atoms with Crippen LogP contribution >= 0.6 is 0 Å². The van der Waals surface area contributed by atoms with Gasteiger partial charge in [-0.1, -0.05) is 42.5 Å². The smallest absolute Gasteiger partial charge is 0.224 e. The fraction of sp³-hybridized carbons (Fsp3) is 0.250. The number of hydrogen-bond donors (Lipinski definition) is 4. The summed E-state index contributed by atoms with van der Waals surface area (Å²) in [5, 5.41) is 27.6. The molecule has 1 saturated heterocycles. The second-order valence-electron chi connectivity index (χ2n) is 10.3. The van der Waals surface area contributed by atoms with E-state index in [1.165, 1.54) is 12.7 Å². The molecule has 0 radical (unpaired) electrons. The lowest BCUT2D eigenvalue weighted by molar-refractivity contribution is -0.121. The second kappa shape index (κ2) is 13.1. The summed E-state index contributed by atoms with van der Waals surface area (Å²) in [5.74, 6) is 2.42. The maximum absolute atomic E-state index is 12.5. The van der Waals surface area contributed by atoms with Gasteiger partial charge in [-0.3, -0.25) is 9.36 Å². The fourth-order valence-corrected chi connectivity index (χ4v) is 5.03. The summed E-state index contributed by atoms with van der Waals surface area (Å²) < 4.78 is 18.6. The normalized spacial score (nSPS) is 19.5. The van der Waals surface area contributed by atoms with Crippen LogP contribution in [0.25, 0.3) is 11.2 Å². The third kappa shape index (κ3) is 6.47. The highest BCUT2D eigenvalue weighted by Crippen LogP contribution is 2.32. The number of imidazole rings is 1. The highest BCUT2D eigenvalue weighted by molar-refractivity contribution is 5.82. The van der Waals surface area contributed by atoms with Crippen LogP contribution in [-0.4, -0.2) is 67.6 Å². The number of aromatic nitrogens is 4. The molecule has 4 N–H and O–H groups in total. The number of carbonyl (C=O) groups excluding carboxylic acids is 1. The van der Waals surface area contributed by atoms with E-state index in [1.54, 1.807) is 23.8 Å². The molecule has 4 atom stereocenters. The van der Waals surface area contributed by atoms with Crippen molar-refractivity contribution in [2.75, 3.05) is 19.0 Å². The molecule has 0 unspecified atom stereocenters. The van der Waals surface area contributed by atoms with Gasteiger partial charge >= 0.3 is 0 Å². The van der Waals surface area contributed by atoms with Crippen LogP contribution in [0.2, 0.25) is 0 Å². The molecule has 12 nitrogen and oxygen atoms in total. The molecule has 3 heterocycles. The summed E-state index contributed by atoms with van der Waals surface area (Å²) in [6, 6.07) is 24.5.